The molecule has 0 aliphatic heterocycles. The van der Waals surface area contributed by atoms with Gasteiger partial charge >= 0.3 is 0 Å². The fourth-order valence-corrected chi connectivity index (χ4v) is 3.38. The van der Waals surface area contributed by atoms with E-state index in [9.17, 15) is 4.79 Å². The zero-order chi connectivity index (χ0) is 18.4. The highest BCUT2D eigenvalue weighted by Crippen LogP contribution is 2.31. The summed E-state index contributed by atoms with van der Waals surface area (Å²) >= 11 is 1.47. The number of methoxy groups -OCH3 is 2. The average Bonchev–Trinajstić information content (AvgIpc) is 2.61. The summed E-state index contributed by atoms with van der Waals surface area (Å²) in [6.07, 6.45) is 0. The lowest BCUT2D eigenvalue weighted by atomic mass is 10.00. The zero-order valence-electron chi connectivity index (χ0n) is 15.4. The van der Waals surface area contributed by atoms with Crippen molar-refractivity contribution in [1.29, 1.82) is 0 Å². The van der Waals surface area contributed by atoms with Crippen LogP contribution in [0.15, 0.2) is 41.3 Å². The summed E-state index contributed by atoms with van der Waals surface area (Å²) in [6, 6.07) is 11.9. The van der Waals surface area contributed by atoms with Crippen LogP contribution in [-0.4, -0.2) is 25.9 Å². The normalized spacial score (nSPS) is 11.7. The fraction of sp³-hybridized carbons (Fsp3) is 0.350. The Bertz CT molecular complexity index is 746. The van der Waals surface area contributed by atoms with E-state index in [1.54, 1.807) is 14.2 Å². The van der Waals surface area contributed by atoms with Crippen molar-refractivity contribution < 1.29 is 14.3 Å². The Morgan fingerprint density at radius 2 is 1.80 bits per heavy atom. The topological polar surface area (TPSA) is 47.6 Å². The van der Waals surface area contributed by atoms with E-state index in [0.717, 1.165) is 10.5 Å². The molecule has 25 heavy (non-hydrogen) atoms. The highest BCUT2D eigenvalue weighted by Gasteiger charge is 2.13. The van der Waals surface area contributed by atoms with Crippen molar-refractivity contribution in [2.45, 2.75) is 31.7 Å². The number of amides is 1. The molecule has 0 bridgehead atoms. The molecule has 2 aromatic rings. The van der Waals surface area contributed by atoms with Gasteiger partial charge in [-0.05, 0) is 50.1 Å². The minimum absolute atomic E-state index is 0.00758. The van der Waals surface area contributed by atoms with Crippen LogP contribution in [-0.2, 0) is 4.79 Å². The van der Waals surface area contributed by atoms with E-state index in [1.807, 2.05) is 25.1 Å². The largest absolute Gasteiger partial charge is 0.493 e. The van der Waals surface area contributed by atoms with E-state index in [4.69, 9.17) is 9.47 Å². The number of carbonyl (C=O) groups excluding carboxylic acids is 1. The molecule has 2 aromatic carbocycles. The van der Waals surface area contributed by atoms with Crippen LogP contribution < -0.4 is 14.8 Å². The minimum atomic E-state index is -0.0154. The van der Waals surface area contributed by atoms with E-state index in [1.165, 1.54) is 22.9 Å². The molecule has 0 heterocycles. The SMILES string of the molecule is COc1ccc(SCC(=O)N[C@@H](C)c2cc(C)ccc2C)cc1OC. The number of carbonyl (C=O) groups is 1. The first-order valence-corrected chi connectivity index (χ1v) is 9.14. The molecule has 0 fully saturated rings. The summed E-state index contributed by atoms with van der Waals surface area (Å²) in [5, 5.41) is 3.07. The molecule has 0 spiro atoms. The molecule has 0 radical (unpaired) electrons. The summed E-state index contributed by atoms with van der Waals surface area (Å²) < 4.78 is 10.5. The Labute approximate surface area is 153 Å². The Morgan fingerprint density at radius 1 is 1.08 bits per heavy atom. The van der Waals surface area contributed by atoms with E-state index < -0.39 is 0 Å². The van der Waals surface area contributed by atoms with Crippen LogP contribution in [0.5, 0.6) is 11.5 Å². The Balaban J connectivity index is 1.95. The number of rotatable bonds is 7. The first-order chi connectivity index (χ1) is 11.9. The molecule has 4 nitrogen and oxygen atoms in total. The van der Waals surface area contributed by atoms with Gasteiger partial charge in [-0.3, -0.25) is 4.79 Å². The number of nitrogens with one attached hydrogen (secondary N) is 1. The van der Waals surface area contributed by atoms with Crippen molar-refractivity contribution in [2.75, 3.05) is 20.0 Å². The maximum atomic E-state index is 12.3. The van der Waals surface area contributed by atoms with Gasteiger partial charge in [0.05, 0.1) is 26.0 Å². The number of thioether (sulfide) groups is 1. The highest BCUT2D eigenvalue weighted by atomic mass is 32.2. The number of hydrogen-bond donors (Lipinski definition) is 1. The van der Waals surface area contributed by atoms with E-state index in [2.05, 4.69) is 37.4 Å². The molecule has 1 amide bonds. The summed E-state index contributed by atoms with van der Waals surface area (Å²) in [6.45, 7) is 6.14. The Hall–Kier alpha value is -2.14. The molecule has 0 aliphatic carbocycles. The molecule has 2 rings (SSSR count). The summed E-state index contributed by atoms with van der Waals surface area (Å²) in [4.78, 5) is 13.3. The van der Waals surface area contributed by atoms with Crippen molar-refractivity contribution in [1.82, 2.24) is 5.32 Å². The first-order valence-electron chi connectivity index (χ1n) is 8.16. The van der Waals surface area contributed by atoms with Gasteiger partial charge in [-0.15, -0.1) is 11.8 Å². The summed E-state index contributed by atoms with van der Waals surface area (Å²) in [7, 11) is 3.21. The number of aryl methyl sites for hydroxylation is 2. The standard InChI is InChI=1S/C20H25NO3S/c1-13-6-7-14(2)17(10-13)15(3)21-20(22)12-25-16-8-9-18(23-4)19(11-16)24-5/h6-11,15H,12H2,1-5H3,(H,21,22)/t15-/m0/s1. The minimum Gasteiger partial charge on any atom is -0.493 e. The van der Waals surface area contributed by atoms with Gasteiger partial charge in [0.25, 0.3) is 0 Å². The molecular weight excluding hydrogens is 334 g/mol. The van der Waals surface area contributed by atoms with Gasteiger partial charge in [-0.2, -0.15) is 0 Å². The molecule has 0 aliphatic rings. The molecule has 1 atom stereocenters. The van der Waals surface area contributed by atoms with Crippen LogP contribution in [0, 0.1) is 13.8 Å². The third kappa shape index (κ3) is 5.16. The van der Waals surface area contributed by atoms with Gasteiger partial charge in [0, 0.05) is 4.90 Å². The van der Waals surface area contributed by atoms with Gasteiger partial charge < -0.3 is 14.8 Å². The predicted molar refractivity (Wildman–Crippen MR) is 103 cm³/mol. The van der Waals surface area contributed by atoms with E-state index in [0.29, 0.717) is 17.3 Å². The van der Waals surface area contributed by atoms with Gasteiger partial charge in [0.15, 0.2) is 11.5 Å². The summed E-state index contributed by atoms with van der Waals surface area (Å²) in [5.74, 6) is 1.70. The molecule has 0 unspecified atom stereocenters. The van der Waals surface area contributed by atoms with E-state index in [-0.39, 0.29) is 11.9 Å². The first kappa shape index (κ1) is 19.2. The molecule has 5 heteroatoms. The third-order valence-electron chi connectivity index (χ3n) is 4.00. The van der Waals surface area contributed by atoms with Gasteiger partial charge in [0.1, 0.15) is 0 Å². The number of benzene rings is 2. The van der Waals surface area contributed by atoms with Crippen molar-refractivity contribution >= 4 is 17.7 Å². The molecular formula is C20H25NO3S. The van der Waals surface area contributed by atoms with Crippen molar-refractivity contribution in [2.24, 2.45) is 0 Å². The van der Waals surface area contributed by atoms with Crippen molar-refractivity contribution in [3.8, 4) is 11.5 Å². The van der Waals surface area contributed by atoms with E-state index >= 15 is 0 Å². The third-order valence-corrected chi connectivity index (χ3v) is 5.00. The lowest BCUT2D eigenvalue weighted by molar-refractivity contribution is -0.119. The summed E-state index contributed by atoms with van der Waals surface area (Å²) in [5.41, 5.74) is 3.54. The maximum absolute atomic E-state index is 12.3. The Kier molecular flexibility index (Phi) is 6.76. The number of hydrogen-bond acceptors (Lipinski definition) is 4. The maximum Gasteiger partial charge on any atom is 0.230 e. The van der Waals surface area contributed by atoms with Gasteiger partial charge in [-0.1, -0.05) is 23.8 Å². The Morgan fingerprint density at radius 3 is 2.48 bits per heavy atom. The monoisotopic (exact) mass is 359 g/mol. The van der Waals surface area contributed by atoms with Crippen LogP contribution in [0.1, 0.15) is 29.7 Å². The average molecular weight is 359 g/mol. The smallest absolute Gasteiger partial charge is 0.230 e. The lowest BCUT2D eigenvalue weighted by Crippen LogP contribution is -2.28. The molecule has 0 saturated carbocycles. The molecule has 134 valence electrons. The van der Waals surface area contributed by atoms with Gasteiger partial charge in [0.2, 0.25) is 5.91 Å². The van der Waals surface area contributed by atoms with Crippen LogP contribution in [0.4, 0.5) is 0 Å². The van der Waals surface area contributed by atoms with Crippen molar-refractivity contribution in [3.05, 3.63) is 53.1 Å². The van der Waals surface area contributed by atoms with Crippen LogP contribution in [0.25, 0.3) is 0 Å². The fourth-order valence-electron chi connectivity index (χ4n) is 2.64. The molecule has 0 aromatic heterocycles. The van der Waals surface area contributed by atoms with Gasteiger partial charge in [-0.25, -0.2) is 0 Å². The van der Waals surface area contributed by atoms with Crippen LogP contribution in [0.2, 0.25) is 0 Å². The quantitative estimate of drug-likeness (QED) is 0.749. The second kappa shape index (κ2) is 8.81. The lowest BCUT2D eigenvalue weighted by Gasteiger charge is -2.17. The van der Waals surface area contributed by atoms with Crippen molar-refractivity contribution in [3.63, 3.8) is 0 Å². The highest BCUT2D eigenvalue weighted by molar-refractivity contribution is 8.00. The predicted octanol–water partition coefficient (Wildman–Crippen LogP) is 4.29. The number of ether oxygens (including phenoxy) is 2. The van der Waals surface area contributed by atoms with Crippen LogP contribution in [0.3, 0.4) is 0 Å². The zero-order valence-corrected chi connectivity index (χ0v) is 16.2. The molecule has 0 saturated heterocycles. The van der Waals surface area contributed by atoms with Crippen LogP contribution >= 0.6 is 11.8 Å². The second-order valence-corrected chi connectivity index (χ2v) is 7.00. The molecule has 1 N–H and O–H groups in total. The second-order valence-electron chi connectivity index (χ2n) is 5.95.